The molecule has 6 heteroatoms. The standard InChI is InChI=1S/C13H17F3N2O/c1-7-4-8(2)9(3)11(5-7)19-6-10(12(17)18)13(14,15)16/h4-5,10H,6H2,1-3H3,(H3,17,18). The quantitative estimate of drug-likeness (QED) is 0.654. The lowest BCUT2D eigenvalue weighted by Crippen LogP contribution is -2.39. The fourth-order valence-electron chi connectivity index (χ4n) is 1.68. The van der Waals surface area contributed by atoms with Crippen molar-refractivity contribution in [2.24, 2.45) is 11.7 Å². The van der Waals surface area contributed by atoms with Crippen LogP contribution >= 0.6 is 0 Å². The molecule has 0 spiro atoms. The molecule has 1 rings (SSSR count). The topological polar surface area (TPSA) is 59.1 Å². The van der Waals surface area contributed by atoms with Gasteiger partial charge in [-0.25, -0.2) is 0 Å². The Labute approximate surface area is 110 Å². The summed E-state index contributed by atoms with van der Waals surface area (Å²) in [5.41, 5.74) is 7.61. The van der Waals surface area contributed by atoms with E-state index in [2.05, 4.69) is 0 Å². The molecule has 19 heavy (non-hydrogen) atoms. The van der Waals surface area contributed by atoms with Crippen LogP contribution in [0.25, 0.3) is 0 Å². The molecule has 0 saturated heterocycles. The summed E-state index contributed by atoms with van der Waals surface area (Å²) in [6.07, 6.45) is -4.57. The molecule has 0 radical (unpaired) electrons. The highest BCUT2D eigenvalue weighted by Crippen LogP contribution is 2.29. The fourth-order valence-corrected chi connectivity index (χ4v) is 1.68. The molecular weight excluding hydrogens is 257 g/mol. The summed E-state index contributed by atoms with van der Waals surface area (Å²) >= 11 is 0. The number of ether oxygens (including phenoxy) is 1. The van der Waals surface area contributed by atoms with Crippen LogP contribution in [0.3, 0.4) is 0 Å². The van der Waals surface area contributed by atoms with E-state index >= 15 is 0 Å². The van der Waals surface area contributed by atoms with E-state index in [1.54, 1.807) is 13.0 Å². The van der Waals surface area contributed by atoms with Gasteiger partial charge in [-0.15, -0.1) is 0 Å². The van der Waals surface area contributed by atoms with Crippen LogP contribution in [0.15, 0.2) is 12.1 Å². The fraction of sp³-hybridized carbons (Fsp3) is 0.462. The van der Waals surface area contributed by atoms with Crippen LogP contribution in [-0.2, 0) is 0 Å². The second-order valence-electron chi connectivity index (χ2n) is 4.57. The summed E-state index contributed by atoms with van der Waals surface area (Å²) in [5, 5.41) is 6.99. The van der Waals surface area contributed by atoms with Crippen molar-refractivity contribution in [1.29, 1.82) is 5.41 Å². The van der Waals surface area contributed by atoms with Gasteiger partial charge in [0.2, 0.25) is 0 Å². The van der Waals surface area contributed by atoms with Crippen LogP contribution in [0.2, 0.25) is 0 Å². The third kappa shape index (κ3) is 3.87. The third-order valence-electron chi connectivity index (χ3n) is 2.94. The van der Waals surface area contributed by atoms with Crippen molar-refractivity contribution in [3.05, 3.63) is 28.8 Å². The first-order chi connectivity index (χ1) is 8.62. The minimum atomic E-state index is -4.57. The van der Waals surface area contributed by atoms with Gasteiger partial charge in [0.15, 0.2) is 0 Å². The first kappa shape index (κ1) is 15.3. The molecule has 3 nitrogen and oxygen atoms in total. The maximum Gasteiger partial charge on any atom is 0.401 e. The number of nitrogens with two attached hydrogens (primary N) is 1. The molecule has 0 fully saturated rings. The van der Waals surface area contributed by atoms with E-state index in [4.69, 9.17) is 15.9 Å². The molecule has 0 bridgehead atoms. The Balaban J connectivity index is 2.89. The largest absolute Gasteiger partial charge is 0.492 e. The Morgan fingerprint density at radius 1 is 1.32 bits per heavy atom. The first-order valence-corrected chi connectivity index (χ1v) is 5.74. The summed E-state index contributed by atoms with van der Waals surface area (Å²) in [6.45, 7) is 4.80. The van der Waals surface area contributed by atoms with Gasteiger partial charge in [-0.3, -0.25) is 5.41 Å². The number of hydrogen-bond acceptors (Lipinski definition) is 2. The van der Waals surface area contributed by atoms with Crippen molar-refractivity contribution < 1.29 is 17.9 Å². The molecule has 0 saturated carbocycles. The van der Waals surface area contributed by atoms with Gasteiger partial charge in [0.25, 0.3) is 0 Å². The summed E-state index contributed by atoms with van der Waals surface area (Å²) < 4.78 is 43.1. The number of amidine groups is 1. The normalized spacial score (nSPS) is 13.2. The van der Waals surface area contributed by atoms with E-state index in [0.717, 1.165) is 16.7 Å². The second kappa shape index (κ2) is 5.50. The Hall–Kier alpha value is -1.72. The molecular formula is C13H17F3N2O. The van der Waals surface area contributed by atoms with E-state index in [1.165, 1.54) is 0 Å². The lowest BCUT2D eigenvalue weighted by atomic mass is 10.1. The number of hydrogen-bond donors (Lipinski definition) is 2. The van der Waals surface area contributed by atoms with Crippen molar-refractivity contribution in [3.63, 3.8) is 0 Å². The highest BCUT2D eigenvalue weighted by Gasteiger charge is 2.42. The predicted molar refractivity (Wildman–Crippen MR) is 67.6 cm³/mol. The Bertz CT molecular complexity index is 484. The van der Waals surface area contributed by atoms with Crippen LogP contribution in [0.5, 0.6) is 5.75 Å². The first-order valence-electron chi connectivity index (χ1n) is 5.74. The second-order valence-corrected chi connectivity index (χ2v) is 4.57. The number of benzene rings is 1. The van der Waals surface area contributed by atoms with E-state index < -0.39 is 24.5 Å². The van der Waals surface area contributed by atoms with Crippen LogP contribution in [0, 0.1) is 32.1 Å². The molecule has 0 aliphatic rings. The summed E-state index contributed by atoms with van der Waals surface area (Å²) in [7, 11) is 0. The molecule has 0 heterocycles. The van der Waals surface area contributed by atoms with Gasteiger partial charge in [0.1, 0.15) is 24.1 Å². The number of alkyl halides is 3. The average Bonchev–Trinajstić information content (AvgIpc) is 2.22. The Morgan fingerprint density at radius 2 is 1.89 bits per heavy atom. The lowest BCUT2D eigenvalue weighted by Gasteiger charge is -2.20. The summed E-state index contributed by atoms with van der Waals surface area (Å²) in [5.74, 6) is -2.62. The van der Waals surface area contributed by atoms with Crippen LogP contribution in [0.4, 0.5) is 13.2 Å². The Kier molecular flexibility index (Phi) is 4.44. The molecule has 1 aromatic rings. The van der Waals surface area contributed by atoms with Crippen LogP contribution < -0.4 is 10.5 Å². The maximum absolute atomic E-state index is 12.6. The monoisotopic (exact) mass is 274 g/mol. The highest BCUT2D eigenvalue weighted by molar-refractivity contribution is 5.80. The smallest absolute Gasteiger partial charge is 0.401 e. The van der Waals surface area contributed by atoms with Gasteiger partial charge in [-0.1, -0.05) is 6.07 Å². The molecule has 1 unspecified atom stereocenters. The zero-order valence-corrected chi connectivity index (χ0v) is 11.1. The number of rotatable bonds is 4. The van der Waals surface area contributed by atoms with Crippen molar-refractivity contribution in [1.82, 2.24) is 0 Å². The average molecular weight is 274 g/mol. The van der Waals surface area contributed by atoms with Crippen molar-refractivity contribution >= 4 is 5.84 Å². The molecule has 0 aliphatic heterocycles. The van der Waals surface area contributed by atoms with Crippen molar-refractivity contribution in [3.8, 4) is 5.75 Å². The van der Waals surface area contributed by atoms with Gasteiger partial charge in [0.05, 0.1) is 0 Å². The zero-order valence-electron chi connectivity index (χ0n) is 11.1. The summed E-state index contributed by atoms with van der Waals surface area (Å²) in [6, 6.07) is 3.60. The molecule has 1 aromatic carbocycles. The predicted octanol–water partition coefficient (Wildman–Crippen LogP) is 3.11. The lowest BCUT2D eigenvalue weighted by molar-refractivity contribution is -0.162. The molecule has 0 amide bonds. The molecule has 0 aromatic heterocycles. The van der Waals surface area contributed by atoms with Crippen LogP contribution in [-0.4, -0.2) is 18.6 Å². The van der Waals surface area contributed by atoms with E-state index in [0.29, 0.717) is 5.75 Å². The van der Waals surface area contributed by atoms with E-state index in [1.807, 2.05) is 19.9 Å². The van der Waals surface area contributed by atoms with Crippen molar-refractivity contribution in [2.75, 3.05) is 6.61 Å². The zero-order chi connectivity index (χ0) is 14.8. The number of halogens is 3. The van der Waals surface area contributed by atoms with E-state index in [-0.39, 0.29) is 0 Å². The van der Waals surface area contributed by atoms with Crippen molar-refractivity contribution in [2.45, 2.75) is 26.9 Å². The maximum atomic E-state index is 12.6. The molecule has 0 aliphatic carbocycles. The van der Waals surface area contributed by atoms with Gasteiger partial charge in [0, 0.05) is 0 Å². The SMILES string of the molecule is Cc1cc(C)c(C)c(OCC(C(=N)N)C(F)(F)F)c1. The molecule has 106 valence electrons. The minimum absolute atomic E-state index is 0.396. The van der Waals surface area contributed by atoms with Gasteiger partial charge in [-0.2, -0.15) is 13.2 Å². The summed E-state index contributed by atoms with van der Waals surface area (Å²) in [4.78, 5) is 0. The third-order valence-corrected chi connectivity index (χ3v) is 2.94. The van der Waals surface area contributed by atoms with Crippen LogP contribution in [0.1, 0.15) is 16.7 Å². The number of nitrogens with one attached hydrogen (secondary N) is 1. The molecule has 3 N–H and O–H groups in total. The van der Waals surface area contributed by atoms with E-state index in [9.17, 15) is 13.2 Å². The van der Waals surface area contributed by atoms with Gasteiger partial charge >= 0.3 is 6.18 Å². The molecule has 1 atom stereocenters. The van der Waals surface area contributed by atoms with Gasteiger partial charge in [-0.05, 0) is 43.5 Å². The van der Waals surface area contributed by atoms with Gasteiger partial charge < -0.3 is 10.5 Å². The minimum Gasteiger partial charge on any atom is -0.492 e. The highest BCUT2D eigenvalue weighted by atomic mass is 19.4. The number of aryl methyl sites for hydroxylation is 2. The Morgan fingerprint density at radius 3 is 2.37 bits per heavy atom.